The number of fused-ring (bicyclic) bond motifs is 1. The van der Waals surface area contributed by atoms with Gasteiger partial charge in [-0.1, -0.05) is 0 Å². The Morgan fingerprint density at radius 3 is 3.15 bits per heavy atom. The third kappa shape index (κ3) is 2.42. The molecule has 3 heterocycles. The molecule has 0 aromatic carbocycles. The highest BCUT2D eigenvalue weighted by Gasteiger charge is 2.27. The highest BCUT2D eigenvalue weighted by Crippen LogP contribution is 2.22. The molecule has 2 aromatic heterocycles. The molecule has 1 aliphatic rings. The SMILES string of the molecule is O=C1CCC(NC(=O)Cc2csc3nc[nH]c23)C(=O)N1. The summed E-state index contributed by atoms with van der Waals surface area (Å²) in [5, 5.41) is 6.74. The Balaban J connectivity index is 1.64. The third-order valence-corrected chi connectivity index (χ3v) is 4.10. The van der Waals surface area contributed by atoms with Crippen LogP contribution < -0.4 is 10.6 Å². The first-order valence-electron chi connectivity index (χ1n) is 6.16. The second-order valence-electron chi connectivity index (χ2n) is 4.59. The van der Waals surface area contributed by atoms with Crippen molar-refractivity contribution in [3.63, 3.8) is 0 Å². The van der Waals surface area contributed by atoms with E-state index in [4.69, 9.17) is 0 Å². The maximum Gasteiger partial charge on any atom is 0.249 e. The molecule has 0 aliphatic carbocycles. The molecular formula is C12H12N4O3S. The molecule has 1 unspecified atom stereocenters. The van der Waals surface area contributed by atoms with E-state index in [9.17, 15) is 14.4 Å². The van der Waals surface area contributed by atoms with Crippen LogP contribution in [0.2, 0.25) is 0 Å². The minimum absolute atomic E-state index is 0.180. The zero-order valence-electron chi connectivity index (χ0n) is 10.4. The Hall–Kier alpha value is -2.22. The van der Waals surface area contributed by atoms with Crippen LogP contribution in [0.3, 0.4) is 0 Å². The molecular weight excluding hydrogens is 280 g/mol. The number of amides is 3. The van der Waals surface area contributed by atoms with Crippen LogP contribution in [0.25, 0.3) is 10.3 Å². The Morgan fingerprint density at radius 2 is 2.35 bits per heavy atom. The Morgan fingerprint density at radius 1 is 1.50 bits per heavy atom. The normalized spacial score (nSPS) is 19.1. The van der Waals surface area contributed by atoms with Gasteiger partial charge in [-0.25, -0.2) is 4.98 Å². The van der Waals surface area contributed by atoms with Gasteiger partial charge in [0.25, 0.3) is 0 Å². The average molecular weight is 292 g/mol. The van der Waals surface area contributed by atoms with Gasteiger partial charge in [0.2, 0.25) is 17.7 Å². The summed E-state index contributed by atoms with van der Waals surface area (Å²) in [5.41, 5.74) is 1.71. The predicted octanol–water partition coefficient (Wildman–Crippen LogP) is 0.0883. The second-order valence-corrected chi connectivity index (χ2v) is 5.45. The fraction of sp³-hybridized carbons (Fsp3) is 0.333. The van der Waals surface area contributed by atoms with Crippen molar-refractivity contribution in [1.82, 2.24) is 20.6 Å². The van der Waals surface area contributed by atoms with Crippen molar-refractivity contribution in [2.75, 3.05) is 0 Å². The number of hydrogen-bond donors (Lipinski definition) is 3. The van der Waals surface area contributed by atoms with Crippen LogP contribution in [0.15, 0.2) is 11.7 Å². The standard InChI is InChI=1S/C12H12N4O3S/c17-8-2-1-7(11(19)16-8)15-9(18)3-6-4-20-12-10(6)13-5-14-12/h4-5,7H,1-3H2,(H,13,14)(H,15,18)(H,16,17,19). The molecule has 0 saturated carbocycles. The van der Waals surface area contributed by atoms with Crippen molar-refractivity contribution in [3.8, 4) is 0 Å². The van der Waals surface area contributed by atoms with Crippen LogP contribution in [0.4, 0.5) is 0 Å². The lowest BCUT2D eigenvalue weighted by Crippen LogP contribution is -2.52. The number of carbonyl (C=O) groups excluding carboxylic acids is 3. The number of carbonyl (C=O) groups is 3. The van der Waals surface area contributed by atoms with E-state index in [1.54, 1.807) is 6.33 Å². The highest BCUT2D eigenvalue weighted by atomic mass is 32.1. The van der Waals surface area contributed by atoms with Crippen molar-refractivity contribution in [1.29, 1.82) is 0 Å². The Kier molecular flexibility index (Phi) is 3.23. The first-order valence-corrected chi connectivity index (χ1v) is 7.04. The third-order valence-electron chi connectivity index (χ3n) is 3.16. The predicted molar refractivity (Wildman–Crippen MR) is 72.0 cm³/mol. The summed E-state index contributed by atoms with van der Waals surface area (Å²) in [5.74, 6) is -0.974. The van der Waals surface area contributed by atoms with Crippen LogP contribution in [0.5, 0.6) is 0 Å². The molecule has 3 rings (SSSR count). The summed E-state index contributed by atoms with van der Waals surface area (Å²) in [7, 11) is 0. The van der Waals surface area contributed by atoms with Crippen molar-refractivity contribution in [2.45, 2.75) is 25.3 Å². The lowest BCUT2D eigenvalue weighted by molar-refractivity contribution is -0.137. The van der Waals surface area contributed by atoms with Gasteiger partial charge in [-0.05, 0) is 17.4 Å². The number of nitrogens with one attached hydrogen (secondary N) is 3. The maximum absolute atomic E-state index is 12.0. The topological polar surface area (TPSA) is 104 Å². The largest absolute Gasteiger partial charge is 0.344 e. The molecule has 0 bridgehead atoms. The van der Waals surface area contributed by atoms with Gasteiger partial charge in [-0.2, -0.15) is 0 Å². The number of imidazole rings is 1. The van der Waals surface area contributed by atoms with E-state index in [-0.39, 0.29) is 24.7 Å². The number of hydrogen-bond acceptors (Lipinski definition) is 5. The van der Waals surface area contributed by atoms with E-state index in [0.717, 1.165) is 15.9 Å². The number of thiophene rings is 1. The number of aromatic amines is 1. The van der Waals surface area contributed by atoms with Crippen LogP contribution in [-0.4, -0.2) is 33.7 Å². The van der Waals surface area contributed by atoms with Gasteiger partial charge in [0, 0.05) is 6.42 Å². The Bertz CT molecular complexity index is 690. The first-order chi connectivity index (χ1) is 9.63. The van der Waals surface area contributed by atoms with E-state index in [0.29, 0.717) is 6.42 Å². The van der Waals surface area contributed by atoms with Crippen LogP contribution >= 0.6 is 11.3 Å². The van der Waals surface area contributed by atoms with Gasteiger partial charge in [0.1, 0.15) is 10.9 Å². The molecule has 1 aliphatic heterocycles. The monoisotopic (exact) mass is 292 g/mol. The molecule has 104 valence electrons. The second kappa shape index (κ2) is 5.04. The molecule has 1 atom stereocenters. The van der Waals surface area contributed by atoms with Gasteiger partial charge in [-0.15, -0.1) is 11.3 Å². The van der Waals surface area contributed by atoms with E-state index in [2.05, 4.69) is 20.6 Å². The summed E-state index contributed by atoms with van der Waals surface area (Å²) in [6.45, 7) is 0. The molecule has 1 saturated heterocycles. The van der Waals surface area contributed by atoms with Crippen molar-refractivity contribution >= 4 is 39.4 Å². The molecule has 0 radical (unpaired) electrons. The lowest BCUT2D eigenvalue weighted by Gasteiger charge is -2.21. The molecule has 0 spiro atoms. The summed E-state index contributed by atoms with van der Waals surface area (Å²) in [6, 6.07) is -0.629. The van der Waals surface area contributed by atoms with Crippen LogP contribution in [0.1, 0.15) is 18.4 Å². The fourth-order valence-electron chi connectivity index (χ4n) is 2.17. The number of nitrogens with zero attached hydrogens (tertiary/aromatic N) is 1. The molecule has 1 fully saturated rings. The van der Waals surface area contributed by atoms with Crippen molar-refractivity contribution in [3.05, 3.63) is 17.3 Å². The van der Waals surface area contributed by atoms with E-state index in [1.165, 1.54) is 11.3 Å². The zero-order chi connectivity index (χ0) is 14.1. The minimum atomic E-state index is -0.629. The van der Waals surface area contributed by atoms with E-state index < -0.39 is 11.9 Å². The van der Waals surface area contributed by atoms with E-state index in [1.807, 2.05) is 5.38 Å². The lowest BCUT2D eigenvalue weighted by atomic mass is 10.1. The van der Waals surface area contributed by atoms with Crippen molar-refractivity contribution < 1.29 is 14.4 Å². The van der Waals surface area contributed by atoms with Gasteiger partial charge in [0.05, 0.1) is 18.3 Å². The van der Waals surface area contributed by atoms with Crippen LogP contribution in [-0.2, 0) is 20.8 Å². The molecule has 8 heteroatoms. The van der Waals surface area contributed by atoms with Gasteiger partial charge in [0.15, 0.2) is 0 Å². The molecule has 7 nitrogen and oxygen atoms in total. The van der Waals surface area contributed by atoms with E-state index >= 15 is 0 Å². The minimum Gasteiger partial charge on any atom is -0.344 e. The zero-order valence-corrected chi connectivity index (χ0v) is 11.3. The van der Waals surface area contributed by atoms with Gasteiger partial charge >= 0.3 is 0 Å². The molecule has 3 amide bonds. The number of imide groups is 1. The highest BCUT2D eigenvalue weighted by molar-refractivity contribution is 7.16. The number of piperidine rings is 1. The number of H-pyrrole nitrogens is 1. The molecule has 2 aromatic rings. The average Bonchev–Trinajstić information content (AvgIpc) is 2.98. The fourth-order valence-corrected chi connectivity index (χ4v) is 3.04. The Labute approximate surface area is 117 Å². The van der Waals surface area contributed by atoms with Crippen molar-refractivity contribution in [2.24, 2.45) is 0 Å². The summed E-state index contributed by atoms with van der Waals surface area (Å²) in [6.07, 6.45) is 2.36. The summed E-state index contributed by atoms with van der Waals surface area (Å²) in [4.78, 5) is 42.5. The number of rotatable bonds is 3. The smallest absolute Gasteiger partial charge is 0.249 e. The molecule has 3 N–H and O–H groups in total. The first kappa shape index (κ1) is 12.8. The van der Waals surface area contributed by atoms with Crippen LogP contribution in [0, 0.1) is 0 Å². The summed E-state index contributed by atoms with van der Waals surface area (Å²) >= 11 is 1.46. The number of aromatic nitrogens is 2. The van der Waals surface area contributed by atoms with Gasteiger partial charge < -0.3 is 10.3 Å². The summed E-state index contributed by atoms with van der Waals surface area (Å²) < 4.78 is 0. The quantitative estimate of drug-likeness (QED) is 0.697. The maximum atomic E-state index is 12.0. The molecule has 20 heavy (non-hydrogen) atoms. The van der Waals surface area contributed by atoms with Gasteiger partial charge in [-0.3, -0.25) is 19.7 Å².